The summed E-state index contributed by atoms with van der Waals surface area (Å²) in [6.45, 7) is 0. The summed E-state index contributed by atoms with van der Waals surface area (Å²) in [6, 6.07) is 4.90. The molecule has 2 rings (SSSR count). The van der Waals surface area contributed by atoms with Crippen LogP contribution in [0.25, 0.3) is 0 Å². The quantitative estimate of drug-likeness (QED) is 0.923. The summed E-state index contributed by atoms with van der Waals surface area (Å²) >= 11 is 1.32. The van der Waals surface area contributed by atoms with Gasteiger partial charge < -0.3 is 9.84 Å². The molecular weight excluding hydrogens is 258 g/mol. The lowest BCUT2D eigenvalue weighted by atomic mass is 10.1. The summed E-state index contributed by atoms with van der Waals surface area (Å²) in [5.41, 5.74) is 0.162. The van der Waals surface area contributed by atoms with Crippen LogP contribution in [0.1, 0.15) is 16.5 Å². The van der Waals surface area contributed by atoms with E-state index in [1.807, 2.05) is 0 Å². The summed E-state index contributed by atoms with van der Waals surface area (Å²) in [6.07, 6.45) is -0.831. The highest BCUT2D eigenvalue weighted by atomic mass is 32.1. The molecule has 5 heteroatoms. The molecule has 18 heavy (non-hydrogen) atoms. The largest absolute Gasteiger partial charge is 0.496 e. The second-order valence-corrected chi connectivity index (χ2v) is 4.79. The number of hydrogen-bond donors (Lipinski definition) is 1. The van der Waals surface area contributed by atoms with Crippen LogP contribution in [0.2, 0.25) is 0 Å². The monoisotopic (exact) mass is 270 g/mol. The molecule has 0 saturated heterocycles. The van der Waals surface area contributed by atoms with Gasteiger partial charge in [-0.1, -0.05) is 0 Å². The van der Waals surface area contributed by atoms with Gasteiger partial charge in [-0.15, -0.1) is 11.3 Å². The average molecular weight is 270 g/mol. The number of hydrogen-bond acceptors (Lipinski definition) is 3. The Balaban J connectivity index is 2.15. The van der Waals surface area contributed by atoms with E-state index in [-0.39, 0.29) is 12.0 Å². The lowest BCUT2D eigenvalue weighted by molar-refractivity contribution is 0.180. The Labute approximate surface area is 107 Å². The van der Waals surface area contributed by atoms with Gasteiger partial charge in [0.05, 0.1) is 13.2 Å². The van der Waals surface area contributed by atoms with Gasteiger partial charge in [-0.25, -0.2) is 8.78 Å². The van der Waals surface area contributed by atoms with E-state index in [1.54, 1.807) is 11.4 Å². The van der Waals surface area contributed by atoms with E-state index in [1.165, 1.54) is 18.4 Å². The van der Waals surface area contributed by atoms with Gasteiger partial charge in [-0.2, -0.15) is 0 Å². The number of rotatable bonds is 4. The fourth-order valence-electron chi connectivity index (χ4n) is 1.62. The van der Waals surface area contributed by atoms with E-state index < -0.39 is 17.7 Å². The van der Waals surface area contributed by atoms with Crippen molar-refractivity contribution in [2.45, 2.75) is 12.5 Å². The molecule has 1 N–H and O–H groups in total. The maximum Gasteiger partial charge on any atom is 0.129 e. The molecule has 0 amide bonds. The molecule has 0 radical (unpaired) electrons. The molecule has 1 aromatic carbocycles. The molecule has 96 valence electrons. The van der Waals surface area contributed by atoms with Crippen LogP contribution in [-0.2, 0) is 6.42 Å². The van der Waals surface area contributed by atoms with Gasteiger partial charge in [0.15, 0.2) is 0 Å². The smallest absolute Gasteiger partial charge is 0.129 e. The Morgan fingerprint density at radius 1 is 1.33 bits per heavy atom. The van der Waals surface area contributed by atoms with Crippen LogP contribution < -0.4 is 4.74 Å². The lowest BCUT2D eigenvalue weighted by Crippen LogP contribution is -2.02. The molecular formula is C13H12F2O2S. The predicted octanol–water partition coefficient (Wildman–Crippen LogP) is 3.31. The number of methoxy groups -OCH3 is 1. The Bertz CT molecular complexity index is 540. The van der Waals surface area contributed by atoms with Crippen LogP contribution in [0.5, 0.6) is 5.75 Å². The van der Waals surface area contributed by atoms with Crippen LogP contribution in [0.15, 0.2) is 29.6 Å². The van der Waals surface area contributed by atoms with Crippen molar-refractivity contribution in [3.8, 4) is 5.75 Å². The van der Waals surface area contributed by atoms with Crippen LogP contribution in [-0.4, -0.2) is 12.2 Å². The molecule has 0 aliphatic carbocycles. The van der Waals surface area contributed by atoms with Gasteiger partial charge >= 0.3 is 0 Å². The molecule has 0 aliphatic rings. The van der Waals surface area contributed by atoms with Crippen LogP contribution >= 0.6 is 11.3 Å². The normalized spacial score (nSPS) is 12.4. The number of benzene rings is 1. The topological polar surface area (TPSA) is 29.5 Å². The maximum absolute atomic E-state index is 13.4. The van der Waals surface area contributed by atoms with Crippen LogP contribution in [0.3, 0.4) is 0 Å². The second-order valence-electron chi connectivity index (χ2n) is 3.84. The third-order valence-corrected chi connectivity index (χ3v) is 3.59. The average Bonchev–Trinajstić information content (AvgIpc) is 2.82. The molecule has 2 nitrogen and oxygen atoms in total. The van der Waals surface area contributed by atoms with Crippen molar-refractivity contribution in [1.82, 2.24) is 0 Å². The van der Waals surface area contributed by atoms with Crippen molar-refractivity contribution in [3.05, 3.63) is 51.7 Å². The number of thiophene rings is 1. The minimum absolute atomic E-state index is 0.0350. The number of aliphatic hydroxyl groups excluding tert-OH is 1. The van der Waals surface area contributed by atoms with Gasteiger partial charge in [0.2, 0.25) is 0 Å². The highest BCUT2D eigenvalue weighted by Crippen LogP contribution is 2.29. The number of aliphatic hydroxyl groups is 1. The molecule has 0 bridgehead atoms. The Morgan fingerprint density at radius 2 is 2.11 bits per heavy atom. The predicted molar refractivity (Wildman–Crippen MR) is 65.9 cm³/mol. The van der Waals surface area contributed by atoms with Crippen molar-refractivity contribution in [2.75, 3.05) is 7.11 Å². The zero-order valence-electron chi connectivity index (χ0n) is 9.69. The highest BCUT2D eigenvalue weighted by molar-refractivity contribution is 7.10. The van der Waals surface area contributed by atoms with Crippen molar-refractivity contribution in [1.29, 1.82) is 0 Å². The van der Waals surface area contributed by atoms with E-state index >= 15 is 0 Å². The first-order chi connectivity index (χ1) is 8.60. The third kappa shape index (κ3) is 2.86. The van der Waals surface area contributed by atoms with E-state index in [2.05, 4.69) is 0 Å². The number of ether oxygens (including phenoxy) is 1. The first-order valence-electron chi connectivity index (χ1n) is 5.34. The summed E-state index contributed by atoms with van der Waals surface area (Å²) < 4.78 is 31.4. The van der Waals surface area contributed by atoms with Gasteiger partial charge in [-0.05, 0) is 29.8 Å². The Hall–Kier alpha value is -1.46. The van der Waals surface area contributed by atoms with Crippen molar-refractivity contribution in [2.24, 2.45) is 0 Å². The summed E-state index contributed by atoms with van der Waals surface area (Å²) in [5.74, 6) is -0.380. The highest BCUT2D eigenvalue weighted by Gasteiger charge is 2.14. The van der Waals surface area contributed by atoms with E-state index in [4.69, 9.17) is 4.74 Å². The van der Waals surface area contributed by atoms with Crippen molar-refractivity contribution < 1.29 is 18.6 Å². The molecule has 0 fully saturated rings. The summed E-state index contributed by atoms with van der Waals surface area (Å²) in [5, 5.41) is 11.7. The summed E-state index contributed by atoms with van der Waals surface area (Å²) in [4.78, 5) is 0.663. The minimum Gasteiger partial charge on any atom is -0.496 e. The first kappa shape index (κ1) is 13.0. The second kappa shape index (κ2) is 5.46. The fraction of sp³-hybridized carbons (Fsp3) is 0.231. The van der Waals surface area contributed by atoms with Crippen LogP contribution in [0, 0.1) is 11.6 Å². The molecule has 0 saturated carbocycles. The Kier molecular flexibility index (Phi) is 3.93. The number of halogens is 2. The summed E-state index contributed by atoms with van der Waals surface area (Å²) in [7, 11) is 1.53. The molecule has 0 spiro atoms. The molecule has 0 aliphatic heterocycles. The fourth-order valence-corrected chi connectivity index (χ4v) is 2.47. The lowest BCUT2D eigenvalue weighted by Gasteiger charge is -2.09. The maximum atomic E-state index is 13.4. The van der Waals surface area contributed by atoms with Crippen LogP contribution in [0.4, 0.5) is 8.78 Å². The van der Waals surface area contributed by atoms with Crippen molar-refractivity contribution >= 4 is 11.3 Å². The zero-order chi connectivity index (χ0) is 13.1. The van der Waals surface area contributed by atoms with Crippen molar-refractivity contribution in [3.63, 3.8) is 0 Å². The van der Waals surface area contributed by atoms with E-state index in [0.717, 1.165) is 18.2 Å². The SMILES string of the molecule is COc1csc(C(O)Cc2cc(F)ccc2F)c1. The molecule has 1 unspecified atom stereocenters. The first-order valence-corrected chi connectivity index (χ1v) is 6.22. The molecule has 2 aromatic rings. The van der Waals surface area contributed by atoms with Gasteiger partial charge in [0.1, 0.15) is 17.4 Å². The minimum atomic E-state index is -0.866. The standard InChI is InChI=1S/C13H12F2O2S/c1-17-10-6-13(18-7-10)12(16)5-8-4-9(14)2-3-11(8)15/h2-4,6-7,12,16H,5H2,1H3. The molecule has 1 aromatic heterocycles. The van der Waals surface area contributed by atoms with E-state index in [9.17, 15) is 13.9 Å². The third-order valence-electron chi connectivity index (χ3n) is 2.58. The molecule has 1 heterocycles. The van der Waals surface area contributed by atoms with E-state index in [0.29, 0.717) is 10.6 Å². The zero-order valence-corrected chi connectivity index (χ0v) is 10.5. The Morgan fingerprint density at radius 3 is 2.78 bits per heavy atom. The molecule has 1 atom stereocenters. The van der Waals surface area contributed by atoms with Gasteiger partial charge in [0.25, 0.3) is 0 Å². The van der Waals surface area contributed by atoms with Gasteiger partial charge in [0, 0.05) is 16.7 Å². The van der Waals surface area contributed by atoms with Gasteiger partial charge in [-0.3, -0.25) is 0 Å².